The number of rotatable bonds is 5. The van der Waals surface area contributed by atoms with E-state index in [0.717, 1.165) is 0 Å². The maximum absolute atomic E-state index is 11.2. The van der Waals surface area contributed by atoms with Gasteiger partial charge in [0.25, 0.3) is 6.35 Å². The van der Waals surface area contributed by atoms with Gasteiger partial charge in [0.15, 0.2) is 0 Å². The normalized spacial score (nSPS) is 19.5. The van der Waals surface area contributed by atoms with Crippen molar-refractivity contribution in [3.63, 3.8) is 0 Å². The van der Waals surface area contributed by atoms with Gasteiger partial charge in [0.05, 0.1) is 0 Å². The fourth-order valence-electron chi connectivity index (χ4n) is 1.29. The fraction of sp³-hybridized carbons (Fsp3) is 0.500. The molecule has 15 heavy (non-hydrogen) atoms. The van der Waals surface area contributed by atoms with Crippen molar-refractivity contribution in [1.82, 2.24) is 9.80 Å². The van der Waals surface area contributed by atoms with Crippen LogP contribution < -0.4 is 0 Å². The molecule has 5 nitrogen and oxygen atoms in total. The van der Waals surface area contributed by atoms with Gasteiger partial charge in [0, 0.05) is 33.1 Å². The van der Waals surface area contributed by atoms with Crippen LogP contribution in [0, 0.1) is 0 Å². The summed E-state index contributed by atoms with van der Waals surface area (Å²) in [4.78, 5) is 14.9. The van der Waals surface area contributed by atoms with Crippen LogP contribution in [-0.2, 0) is 14.3 Å². The van der Waals surface area contributed by atoms with Crippen molar-refractivity contribution in [2.75, 3.05) is 27.3 Å². The molecule has 0 aromatic rings. The summed E-state index contributed by atoms with van der Waals surface area (Å²) in [6.07, 6.45) is 5.05. The third-order valence-electron chi connectivity index (χ3n) is 1.96. The fourth-order valence-corrected chi connectivity index (χ4v) is 1.29. The number of esters is 1. The second kappa shape index (κ2) is 5.41. The Balaban J connectivity index is 2.50. The Bertz CT molecular complexity index is 265. The minimum absolute atomic E-state index is 0.0354. The van der Waals surface area contributed by atoms with Gasteiger partial charge in [-0.05, 0) is 0 Å². The molecule has 0 saturated carbocycles. The molecular weight excluding hydrogens is 196 g/mol. The summed E-state index contributed by atoms with van der Waals surface area (Å²) >= 11 is 0. The molecule has 0 fully saturated rings. The summed E-state index contributed by atoms with van der Waals surface area (Å²) in [6, 6.07) is 0. The van der Waals surface area contributed by atoms with E-state index in [2.05, 4.69) is 6.58 Å². The maximum Gasteiger partial charge on any atom is 0.335 e. The predicted molar refractivity (Wildman–Crippen MR) is 55.6 cm³/mol. The lowest BCUT2D eigenvalue weighted by molar-refractivity contribution is -0.170. The van der Waals surface area contributed by atoms with E-state index in [0.29, 0.717) is 6.54 Å². The third kappa shape index (κ3) is 2.99. The zero-order valence-corrected chi connectivity index (χ0v) is 9.05. The van der Waals surface area contributed by atoms with Crippen LogP contribution in [0.15, 0.2) is 25.1 Å². The van der Waals surface area contributed by atoms with E-state index in [1.165, 1.54) is 7.11 Å². The average Bonchev–Trinajstić information content (AvgIpc) is 2.51. The molecule has 0 amide bonds. The molecule has 0 aromatic heterocycles. The smallest absolute Gasteiger partial charge is 0.335 e. The lowest BCUT2D eigenvalue weighted by Gasteiger charge is -2.28. The molecule has 1 aliphatic heterocycles. The first-order chi connectivity index (χ1) is 7.19. The van der Waals surface area contributed by atoms with Crippen molar-refractivity contribution in [2.24, 2.45) is 0 Å². The molecule has 5 heteroatoms. The van der Waals surface area contributed by atoms with Crippen LogP contribution in [0.4, 0.5) is 0 Å². The number of ether oxygens (including phenoxy) is 2. The highest BCUT2D eigenvalue weighted by Crippen LogP contribution is 2.14. The molecule has 0 aliphatic carbocycles. The van der Waals surface area contributed by atoms with Gasteiger partial charge >= 0.3 is 5.97 Å². The van der Waals surface area contributed by atoms with Crippen LogP contribution in [0.5, 0.6) is 0 Å². The number of carbonyl (C=O) groups is 1. The first kappa shape index (κ1) is 11.6. The Hall–Kier alpha value is -1.49. The minimum atomic E-state index is -0.398. The third-order valence-corrected chi connectivity index (χ3v) is 1.96. The topological polar surface area (TPSA) is 42.0 Å². The van der Waals surface area contributed by atoms with Crippen molar-refractivity contribution in [3.8, 4) is 0 Å². The molecule has 0 N–H and O–H groups in total. The van der Waals surface area contributed by atoms with Crippen LogP contribution in [0.1, 0.15) is 0 Å². The Morgan fingerprint density at radius 3 is 2.93 bits per heavy atom. The number of methoxy groups -OCH3 is 1. The predicted octanol–water partition coefficient (Wildman–Crippen LogP) is 0.364. The quantitative estimate of drug-likeness (QED) is 0.486. The molecule has 0 radical (unpaired) electrons. The molecule has 0 saturated heterocycles. The second-order valence-electron chi connectivity index (χ2n) is 3.20. The summed E-state index contributed by atoms with van der Waals surface area (Å²) < 4.78 is 9.90. The second-order valence-corrected chi connectivity index (χ2v) is 3.20. The molecule has 1 heterocycles. The van der Waals surface area contributed by atoms with E-state index < -0.39 is 6.35 Å². The first-order valence-electron chi connectivity index (χ1n) is 4.64. The summed E-state index contributed by atoms with van der Waals surface area (Å²) in [5.74, 6) is -0.382. The van der Waals surface area contributed by atoms with Gasteiger partial charge in [0.2, 0.25) is 0 Å². The van der Waals surface area contributed by atoms with Gasteiger partial charge in [-0.2, -0.15) is 0 Å². The standard InChI is InChI=1S/C10H16N2O3/c1-4-5-12-7-6-11(2)10(12)15-9(13)8-14-3/h4,6-7,10H,1,5,8H2,2-3H3. The van der Waals surface area contributed by atoms with Crippen molar-refractivity contribution < 1.29 is 14.3 Å². The summed E-state index contributed by atoms with van der Waals surface area (Å²) in [5, 5.41) is 0. The zero-order chi connectivity index (χ0) is 11.3. The lowest BCUT2D eigenvalue weighted by atomic mass is 10.5. The largest absolute Gasteiger partial charge is 0.421 e. The molecule has 1 aliphatic rings. The molecular formula is C10H16N2O3. The SMILES string of the molecule is C=CCN1C=CN(C)C1OC(=O)COC. The van der Waals surface area contributed by atoms with Gasteiger partial charge in [-0.15, -0.1) is 6.58 Å². The Morgan fingerprint density at radius 2 is 2.33 bits per heavy atom. The molecule has 0 spiro atoms. The van der Waals surface area contributed by atoms with E-state index in [9.17, 15) is 4.79 Å². The van der Waals surface area contributed by atoms with E-state index in [1.807, 2.05) is 24.3 Å². The highest BCUT2D eigenvalue weighted by atomic mass is 16.6. The van der Waals surface area contributed by atoms with E-state index in [-0.39, 0.29) is 12.6 Å². The van der Waals surface area contributed by atoms with E-state index >= 15 is 0 Å². The van der Waals surface area contributed by atoms with E-state index in [4.69, 9.17) is 9.47 Å². The first-order valence-corrected chi connectivity index (χ1v) is 4.64. The van der Waals surface area contributed by atoms with Crippen molar-refractivity contribution in [2.45, 2.75) is 6.35 Å². The Kier molecular flexibility index (Phi) is 4.17. The van der Waals surface area contributed by atoms with Gasteiger partial charge in [-0.3, -0.25) is 0 Å². The summed E-state index contributed by atoms with van der Waals surface area (Å²) in [7, 11) is 3.30. The Morgan fingerprint density at radius 1 is 1.60 bits per heavy atom. The number of carbonyl (C=O) groups excluding carboxylic acids is 1. The molecule has 1 rings (SSSR count). The van der Waals surface area contributed by atoms with Gasteiger partial charge < -0.3 is 19.3 Å². The van der Waals surface area contributed by atoms with Gasteiger partial charge in [-0.1, -0.05) is 6.08 Å². The highest BCUT2D eigenvalue weighted by Gasteiger charge is 2.26. The monoisotopic (exact) mass is 212 g/mol. The highest BCUT2D eigenvalue weighted by molar-refractivity contribution is 5.70. The summed E-state index contributed by atoms with van der Waals surface area (Å²) in [5.41, 5.74) is 0. The van der Waals surface area contributed by atoms with Crippen LogP contribution in [0.25, 0.3) is 0 Å². The van der Waals surface area contributed by atoms with Crippen LogP contribution in [0.3, 0.4) is 0 Å². The Labute approximate surface area is 89.5 Å². The molecule has 0 aromatic carbocycles. The number of hydrogen-bond donors (Lipinski definition) is 0. The summed E-state index contributed by atoms with van der Waals surface area (Å²) in [6.45, 7) is 4.24. The molecule has 0 bridgehead atoms. The van der Waals surface area contributed by atoms with E-state index in [1.54, 1.807) is 11.0 Å². The maximum atomic E-state index is 11.2. The average molecular weight is 212 g/mol. The van der Waals surface area contributed by atoms with Crippen molar-refractivity contribution >= 4 is 5.97 Å². The minimum Gasteiger partial charge on any atom is -0.421 e. The number of nitrogens with zero attached hydrogens (tertiary/aromatic N) is 2. The van der Waals surface area contributed by atoms with Crippen molar-refractivity contribution in [1.29, 1.82) is 0 Å². The van der Waals surface area contributed by atoms with Crippen LogP contribution >= 0.6 is 0 Å². The van der Waals surface area contributed by atoms with Crippen molar-refractivity contribution in [3.05, 3.63) is 25.1 Å². The van der Waals surface area contributed by atoms with Gasteiger partial charge in [-0.25, -0.2) is 4.79 Å². The van der Waals surface area contributed by atoms with Gasteiger partial charge in [0.1, 0.15) is 6.61 Å². The zero-order valence-electron chi connectivity index (χ0n) is 9.05. The lowest BCUT2D eigenvalue weighted by Crippen LogP contribution is -2.41. The molecule has 1 atom stereocenters. The molecule has 84 valence electrons. The van der Waals surface area contributed by atoms with Crippen LogP contribution in [0.2, 0.25) is 0 Å². The number of hydrogen-bond acceptors (Lipinski definition) is 5. The molecule has 1 unspecified atom stereocenters. The van der Waals surface area contributed by atoms with Crippen LogP contribution in [-0.4, -0.2) is 49.4 Å².